The molecule has 1 atom stereocenters. The first kappa shape index (κ1) is 23.4. The summed E-state index contributed by atoms with van der Waals surface area (Å²) in [5.74, 6) is 0.573. The molecule has 2 amide bonds. The van der Waals surface area contributed by atoms with Gasteiger partial charge in [-0.2, -0.15) is 5.10 Å². The first-order chi connectivity index (χ1) is 16.6. The number of carbonyl (C=O) groups is 2. The van der Waals surface area contributed by atoms with Crippen molar-refractivity contribution in [1.82, 2.24) is 34.8 Å². The molecule has 176 valence electrons. The van der Waals surface area contributed by atoms with Crippen LogP contribution < -0.4 is 10.6 Å². The average molecular weight is 478 g/mol. The molecule has 34 heavy (non-hydrogen) atoms. The van der Waals surface area contributed by atoms with E-state index in [1.165, 1.54) is 11.5 Å². The highest BCUT2D eigenvalue weighted by Crippen LogP contribution is 2.24. The van der Waals surface area contributed by atoms with Gasteiger partial charge in [0.25, 0.3) is 5.91 Å². The molecule has 3 N–H and O–H groups in total. The van der Waals surface area contributed by atoms with E-state index in [9.17, 15) is 9.59 Å². The van der Waals surface area contributed by atoms with E-state index in [1.54, 1.807) is 35.7 Å². The maximum absolute atomic E-state index is 12.7. The van der Waals surface area contributed by atoms with Gasteiger partial charge in [-0.1, -0.05) is 25.0 Å². The Balaban J connectivity index is 1.44. The molecule has 0 saturated carbocycles. The van der Waals surface area contributed by atoms with E-state index in [4.69, 9.17) is 0 Å². The number of benzene rings is 1. The van der Waals surface area contributed by atoms with Crippen molar-refractivity contribution in [2.24, 2.45) is 0 Å². The molecule has 3 heterocycles. The molecule has 0 bridgehead atoms. The number of H-pyrrole nitrogens is 1. The van der Waals surface area contributed by atoms with Crippen LogP contribution in [0.5, 0.6) is 0 Å². The zero-order chi connectivity index (χ0) is 23.8. The van der Waals surface area contributed by atoms with E-state index in [0.717, 1.165) is 36.2 Å². The summed E-state index contributed by atoms with van der Waals surface area (Å²) in [7, 11) is 1.65. The summed E-state index contributed by atoms with van der Waals surface area (Å²) in [5, 5.41) is 11.7. The Labute approximate surface area is 201 Å². The van der Waals surface area contributed by atoms with Crippen LogP contribution in [0.25, 0.3) is 16.9 Å². The number of nitrogens with zero attached hydrogens (tertiary/aromatic N) is 4. The van der Waals surface area contributed by atoms with Crippen LogP contribution in [-0.2, 0) is 4.79 Å². The lowest BCUT2D eigenvalue weighted by Crippen LogP contribution is -2.29. The van der Waals surface area contributed by atoms with Crippen LogP contribution in [0.1, 0.15) is 54.3 Å². The summed E-state index contributed by atoms with van der Waals surface area (Å²) in [6, 6.07) is 9.63. The Bertz CT molecular complexity index is 1180. The van der Waals surface area contributed by atoms with Gasteiger partial charge in [0.15, 0.2) is 0 Å². The lowest BCUT2D eigenvalue weighted by atomic mass is 10.1. The summed E-state index contributed by atoms with van der Waals surface area (Å²) in [6.07, 6.45) is 10.8. The molecule has 3 aromatic heterocycles. The van der Waals surface area contributed by atoms with E-state index in [-0.39, 0.29) is 17.9 Å². The zero-order valence-electron chi connectivity index (χ0n) is 18.9. The molecule has 0 spiro atoms. The van der Waals surface area contributed by atoms with E-state index in [0.29, 0.717) is 24.2 Å². The van der Waals surface area contributed by atoms with E-state index >= 15 is 0 Å². The third kappa shape index (κ3) is 5.96. The van der Waals surface area contributed by atoms with E-state index in [1.807, 2.05) is 36.5 Å². The first-order valence-electron chi connectivity index (χ1n) is 11.2. The van der Waals surface area contributed by atoms with Gasteiger partial charge in [-0.15, -0.1) is 0 Å². The van der Waals surface area contributed by atoms with E-state index < -0.39 is 0 Å². The van der Waals surface area contributed by atoms with Crippen molar-refractivity contribution in [3.63, 3.8) is 0 Å². The van der Waals surface area contributed by atoms with Crippen molar-refractivity contribution < 1.29 is 9.59 Å². The maximum Gasteiger partial charge on any atom is 0.254 e. The molecule has 0 saturated heterocycles. The third-order valence-corrected chi connectivity index (χ3v) is 6.13. The zero-order valence-corrected chi connectivity index (χ0v) is 19.7. The fourth-order valence-corrected chi connectivity index (χ4v) is 4.16. The van der Waals surface area contributed by atoms with Gasteiger partial charge in [0.2, 0.25) is 5.91 Å². The van der Waals surface area contributed by atoms with Gasteiger partial charge < -0.3 is 15.6 Å². The van der Waals surface area contributed by atoms with Crippen molar-refractivity contribution in [3.05, 3.63) is 71.9 Å². The summed E-state index contributed by atoms with van der Waals surface area (Å²) in [4.78, 5) is 32.1. The Hall–Kier alpha value is -3.79. The molecule has 10 heteroatoms. The SMILES string of the molecule is CNC(=O)CCCCC[C@H](NC(=O)c1cnsc1)c1ncc(-c2ccc(-n3cccn3)cc2)[nH]1. The topological polar surface area (TPSA) is 118 Å². The van der Waals surface area contributed by atoms with Gasteiger partial charge in [-0.3, -0.25) is 9.59 Å². The van der Waals surface area contributed by atoms with Crippen molar-refractivity contribution in [3.8, 4) is 16.9 Å². The fourth-order valence-electron chi connectivity index (χ4n) is 3.65. The smallest absolute Gasteiger partial charge is 0.254 e. The van der Waals surface area contributed by atoms with Gasteiger partial charge in [0, 0.05) is 31.2 Å². The molecule has 0 aliphatic carbocycles. The number of nitrogens with one attached hydrogen (secondary N) is 3. The van der Waals surface area contributed by atoms with Crippen LogP contribution >= 0.6 is 11.5 Å². The number of amides is 2. The standard InChI is InChI=1S/C24H27N7O2S/c1-25-22(32)7-4-2-3-6-20(30-24(33)18-14-28-34-16-18)23-26-15-21(29-23)17-8-10-19(11-9-17)31-13-5-12-27-31/h5,8-16,20H,2-4,6-7H2,1H3,(H,25,32)(H,26,29)(H,30,33)/t20-/m0/s1. The third-order valence-electron chi connectivity index (χ3n) is 5.55. The molecule has 0 unspecified atom stereocenters. The summed E-state index contributed by atoms with van der Waals surface area (Å²) in [6.45, 7) is 0. The second-order valence-corrected chi connectivity index (χ2v) is 8.55. The number of carbonyl (C=O) groups excluding carboxylic acids is 2. The predicted molar refractivity (Wildman–Crippen MR) is 131 cm³/mol. The largest absolute Gasteiger partial charge is 0.359 e. The fraction of sp³-hybridized carbons (Fsp3) is 0.292. The van der Waals surface area contributed by atoms with Crippen molar-refractivity contribution in [2.45, 2.75) is 38.1 Å². The van der Waals surface area contributed by atoms with Crippen LogP contribution in [0, 0.1) is 0 Å². The highest BCUT2D eigenvalue weighted by atomic mass is 32.1. The highest BCUT2D eigenvalue weighted by molar-refractivity contribution is 7.03. The Kier molecular flexibility index (Phi) is 7.82. The molecule has 0 radical (unpaired) electrons. The van der Waals surface area contributed by atoms with Gasteiger partial charge in [0.05, 0.1) is 35.4 Å². The van der Waals surface area contributed by atoms with Crippen molar-refractivity contribution in [1.29, 1.82) is 0 Å². The number of hydrogen-bond donors (Lipinski definition) is 3. The Morgan fingerprint density at radius 2 is 2.00 bits per heavy atom. The number of imidazole rings is 1. The number of unbranched alkanes of at least 4 members (excludes halogenated alkanes) is 2. The molecule has 0 aliphatic heterocycles. The van der Waals surface area contributed by atoms with Crippen LogP contribution in [0.3, 0.4) is 0 Å². The summed E-state index contributed by atoms with van der Waals surface area (Å²) < 4.78 is 5.82. The van der Waals surface area contributed by atoms with Gasteiger partial charge >= 0.3 is 0 Å². The average Bonchev–Trinajstić information content (AvgIpc) is 3.65. The first-order valence-corrected chi connectivity index (χ1v) is 12.0. The highest BCUT2D eigenvalue weighted by Gasteiger charge is 2.19. The van der Waals surface area contributed by atoms with Crippen LogP contribution in [0.2, 0.25) is 0 Å². The van der Waals surface area contributed by atoms with E-state index in [2.05, 4.69) is 30.1 Å². The molecular weight excluding hydrogens is 450 g/mol. The molecule has 4 rings (SSSR count). The van der Waals surface area contributed by atoms with Crippen molar-refractivity contribution in [2.75, 3.05) is 7.05 Å². The quantitative estimate of drug-likeness (QED) is 0.283. The second kappa shape index (κ2) is 11.4. The summed E-state index contributed by atoms with van der Waals surface area (Å²) >= 11 is 1.24. The normalized spacial score (nSPS) is 11.8. The Morgan fingerprint density at radius 3 is 2.71 bits per heavy atom. The van der Waals surface area contributed by atoms with Gasteiger partial charge in [-0.05, 0) is 48.1 Å². The molecule has 4 aromatic rings. The Morgan fingerprint density at radius 1 is 1.15 bits per heavy atom. The minimum Gasteiger partial charge on any atom is -0.359 e. The predicted octanol–water partition coefficient (Wildman–Crippen LogP) is 3.89. The number of aromatic amines is 1. The lowest BCUT2D eigenvalue weighted by molar-refractivity contribution is -0.120. The van der Waals surface area contributed by atoms with Crippen LogP contribution in [-0.4, -0.2) is 43.0 Å². The number of hydrogen-bond acceptors (Lipinski definition) is 6. The molecule has 0 fully saturated rings. The van der Waals surface area contributed by atoms with Gasteiger partial charge in [-0.25, -0.2) is 14.0 Å². The number of aromatic nitrogens is 5. The second-order valence-electron chi connectivity index (χ2n) is 7.89. The lowest BCUT2D eigenvalue weighted by Gasteiger charge is -2.16. The molecule has 0 aliphatic rings. The number of rotatable bonds is 11. The maximum atomic E-state index is 12.7. The van der Waals surface area contributed by atoms with Crippen LogP contribution in [0.4, 0.5) is 0 Å². The summed E-state index contributed by atoms with van der Waals surface area (Å²) in [5.41, 5.74) is 3.38. The van der Waals surface area contributed by atoms with Crippen molar-refractivity contribution >= 4 is 23.3 Å². The minimum absolute atomic E-state index is 0.0454. The van der Waals surface area contributed by atoms with Crippen LogP contribution in [0.15, 0.2) is 60.5 Å². The monoisotopic (exact) mass is 477 g/mol. The minimum atomic E-state index is -0.274. The molecular formula is C24H27N7O2S. The molecule has 9 nitrogen and oxygen atoms in total. The molecule has 1 aromatic carbocycles. The van der Waals surface area contributed by atoms with Gasteiger partial charge in [0.1, 0.15) is 5.82 Å².